The minimum absolute atomic E-state index is 0.148. The Bertz CT molecular complexity index is 690. The Balaban J connectivity index is 1.38. The summed E-state index contributed by atoms with van der Waals surface area (Å²) in [4.78, 5) is 2.28. The predicted octanol–water partition coefficient (Wildman–Crippen LogP) is 4.17. The van der Waals surface area contributed by atoms with Crippen LogP contribution < -0.4 is 4.74 Å². The van der Waals surface area contributed by atoms with Gasteiger partial charge in [-0.25, -0.2) is 4.39 Å². The predicted molar refractivity (Wildman–Crippen MR) is 102 cm³/mol. The maximum absolute atomic E-state index is 13.0. The van der Waals surface area contributed by atoms with Crippen LogP contribution >= 0.6 is 11.6 Å². The summed E-state index contributed by atoms with van der Waals surface area (Å²) in [6, 6.07) is 14.6. The molecule has 5 heteroatoms. The first-order valence-electron chi connectivity index (χ1n) is 9.12. The number of β-amino-alcohol motifs (C(OH)–C–C–N with tert-alkyl or cyclic N) is 1. The highest BCUT2D eigenvalue weighted by Gasteiger charge is 2.21. The number of halogens is 2. The number of rotatable bonds is 7. The van der Waals surface area contributed by atoms with Crippen LogP contribution in [0.1, 0.15) is 18.4 Å². The molecule has 1 aliphatic heterocycles. The molecule has 3 nitrogen and oxygen atoms in total. The van der Waals surface area contributed by atoms with Crippen molar-refractivity contribution in [2.24, 2.45) is 5.92 Å². The number of ether oxygens (including phenoxy) is 1. The highest BCUT2D eigenvalue weighted by atomic mass is 35.5. The third kappa shape index (κ3) is 5.70. The van der Waals surface area contributed by atoms with Gasteiger partial charge in [-0.15, -0.1) is 0 Å². The lowest BCUT2D eigenvalue weighted by molar-refractivity contribution is 0.0551. The van der Waals surface area contributed by atoms with Gasteiger partial charge < -0.3 is 14.7 Å². The van der Waals surface area contributed by atoms with Crippen LogP contribution in [0.5, 0.6) is 5.75 Å². The fraction of sp³-hybridized carbons (Fsp3) is 0.429. The van der Waals surface area contributed by atoms with E-state index in [9.17, 15) is 9.50 Å². The van der Waals surface area contributed by atoms with E-state index in [1.807, 2.05) is 0 Å². The van der Waals surface area contributed by atoms with Gasteiger partial charge in [0.15, 0.2) is 0 Å². The molecular formula is C21H25ClFNO2. The molecule has 2 aromatic carbocycles. The monoisotopic (exact) mass is 377 g/mol. The Kier molecular flexibility index (Phi) is 6.89. The number of aliphatic hydroxyl groups is 1. The van der Waals surface area contributed by atoms with Gasteiger partial charge in [0.25, 0.3) is 0 Å². The van der Waals surface area contributed by atoms with Crippen molar-refractivity contribution in [1.29, 1.82) is 0 Å². The van der Waals surface area contributed by atoms with Crippen molar-refractivity contribution in [1.82, 2.24) is 4.90 Å². The minimum atomic E-state index is -0.596. The number of nitrogens with zero attached hydrogens (tertiary/aromatic N) is 1. The topological polar surface area (TPSA) is 32.7 Å². The molecule has 1 atom stereocenters. The molecule has 0 radical (unpaired) electrons. The Morgan fingerprint density at radius 3 is 2.58 bits per heavy atom. The van der Waals surface area contributed by atoms with Gasteiger partial charge in [-0.3, -0.25) is 0 Å². The van der Waals surface area contributed by atoms with Crippen LogP contribution in [0, 0.1) is 11.7 Å². The van der Waals surface area contributed by atoms with Gasteiger partial charge >= 0.3 is 0 Å². The molecule has 1 N–H and O–H groups in total. The zero-order valence-corrected chi connectivity index (χ0v) is 15.5. The third-order valence-corrected chi connectivity index (χ3v) is 5.16. The first-order chi connectivity index (χ1) is 12.6. The minimum Gasteiger partial charge on any atom is -0.489 e. The number of benzene rings is 2. The van der Waals surface area contributed by atoms with E-state index < -0.39 is 11.9 Å². The summed E-state index contributed by atoms with van der Waals surface area (Å²) in [7, 11) is 0. The zero-order valence-electron chi connectivity index (χ0n) is 14.8. The van der Waals surface area contributed by atoms with Gasteiger partial charge in [-0.05, 0) is 62.0 Å². The molecule has 1 fully saturated rings. The third-order valence-electron chi connectivity index (χ3n) is 4.87. The zero-order chi connectivity index (χ0) is 18.4. The number of aliphatic hydroxyl groups excluding tert-OH is 1. The average molecular weight is 378 g/mol. The summed E-state index contributed by atoms with van der Waals surface area (Å²) in [6.07, 6.45) is 2.82. The number of hydrogen-bond acceptors (Lipinski definition) is 3. The van der Waals surface area contributed by atoms with E-state index in [1.165, 1.54) is 23.8 Å². The molecule has 0 spiro atoms. The normalized spacial score (nSPS) is 17.2. The maximum atomic E-state index is 13.0. The van der Waals surface area contributed by atoms with Gasteiger partial charge in [0.05, 0.1) is 5.02 Å². The molecule has 1 aliphatic rings. The number of likely N-dealkylation sites (tertiary alicyclic amines) is 1. The Morgan fingerprint density at radius 2 is 1.88 bits per heavy atom. The average Bonchev–Trinajstić information content (AvgIpc) is 2.63. The molecule has 0 saturated carbocycles. The van der Waals surface area contributed by atoms with Crippen LogP contribution in [0.3, 0.4) is 0 Å². The lowest BCUT2D eigenvalue weighted by atomic mass is 9.90. The maximum Gasteiger partial charge on any atom is 0.138 e. The summed E-state index contributed by atoms with van der Waals surface area (Å²) in [5.41, 5.74) is 1.40. The summed E-state index contributed by atoms with van der Waals surface area (Å²) >= 11 is 5.93. The molecule has 0 aromatic heterocycles. The Hall–Kier alpha value is -1.62. The van der Waals surface area contributed by atoms with Crippen molar-refractivity contribution >= 4 is 11.6 Å². The van der Waals surface area contributed by atoms with E-state index in [1.54, 1.807) is 0 Å². The van der Waals surface area contributed by atoms with Crippen molar-refractivity contribution in [3.63, 3.8) is 0 Å². The van der Waals surface area contributed by atoms with E-state index >= 15 is 0 Å². The van der Waals surface area contributed by atoms with E-state index in [0.29, 0.717) is 18.2 Å². The van der Waals surface area contributed by atoms with Crippen molar-refractivity contribution in [2.45, 2.75) is 25.4 Å². The molecule has 0 unspecified atom stereocenters. The molecule has 26 heavy (non-hydrogen) atoms. The quantitative estimate of drug-likeness (QED) is 0.785. The van der Waals surface area contributed by atoms with Crippen LogP contribution in [0.4, 0.5) is 4.39 Å². The summed E-state index contributed by atoms with van der Waals surface area (Å²) < 4.78 is 18.5. The van der Waals surface area contributed by atoms with Crippen molar-refractivity contribution in [3.8, 4) is 5.75 Å². The molecule has 1 heterocycles. The summed E-state index contributed by atoms with van der Waals surface area (Å²) in [5.74, 6) is 0.704. The van der Waals surface area contributed by atoms with Gasteiger partial charge in [-0.2, -0.15) is 0 Å². The van der Waals surface area contributed by atoms with Gasteiger partial charge in [0.1, 0.15) is 24.3 Å². The Morgan fingerprint density at radius 1 is 1.15 bits per heavy atom. The Labute approximate surface area is 159 Å². The van der Waals surface area contributed by atoms with E-state index in [-0.39, 0.29) is 11.6 Å². The van der Waals surface area contributed by atoms with Crippen LogP contribution in [0.15, 0.2) is 48.5 Å². The molecule has 0 bridgehead atoms. The molecule has 1 saturated heterocycles. The smallest absolute Gasteiger partial charge is 0.138 e. The van der Waals surface area contributed by atoms with Gasteiger partial charge in [-0.1, -0.05) is 41.9 Å². The highest BCUT2D eigenvalue weighted by Crippen LogP contribution is 2.25. The van der Waals surface area contributed by atoms with Crippen molar-refractivity contribution in [3.05, 3.63) is 64.9 Å². The second-order valence-electron chi connectivity index (χ2n) is 6.97. The number of piperidine rings is 1. The largest absolute Gasteiger partial charge is 0.489 e. The second-order valence-corrected chi connectivity index (χ2v) is 7.38. The second kappa shape index (κ2) is 9.36. The standard InChI is InChI=1S/C21H25ClFNO2/c22-20-13-18(23)6-7-21(20)26-15-19(25)14-24-10-8-17(9-11-24)12-16-4-2-1-3-5-16/h1-7,13,17,19,25H,8-12,14-15H2/t19-/m1/s1. The van der Waals surface area contributed by atoms with E-state index in [4.69, 9.17) is 16.3 Å². The number of hydrogen-bond donors (Lipinski definition) is 1. The van der Waals surface area contributed by atoms with Gasteiger partial charge in [0, 0.05) is 6.54 Å². The van der Waals surface area contributed by atoms with E-state index in [2.05, 4.69) is 35.2 Å². The molecule has 0 aliphatic carbocycles. The van der Waals surface area contributed by atoms with Crippen LogP contribution in [0.2, 0.25) is 5.02 Å². The van der Waals surface area contributed by atoms with E-state index in [0.717, 1.165) is 32.4 Å². The summed E-state index contributed by atoms with van der Waals surface area (Å²) in [6.45, 7) is 2.71. The molecule has 0 amide bonds. The van der Waals surface area contributed by atoms with Crippen LogP contribution in [-0.4, -0.2) is 42.4 Å². The van der Waals surface area contributed by atoms with Crippen molar-refractivity contribution < 1.29 is 14.2 Å². The molecule has 140 valence electrons. The summed E-state index contributed by atoms with van der Waals surface area (Å²) in [5, 5.41) is 10.4. The van der Waals surface area contributed by atoms with Crippen molar-refractivity contribution in [2.75, 3.05) is 26.2 Å². The van der Waals surface area contributed by atoms with Gasteiger partial charge in [0.2, 0.25) is 0 Å². The molecule has 2 aromatic rings. The lowest BCUT2D eigenvalue weighted by Gasteiger charge is -2.33. The first kappa shape index (κ1) is 19.2. The first-order valence-corrected chi connectivity index (χ1v) is 9.50. The SMILES string of the molecule is O[C@@H](COc1ccc(F)cc1Cl)CN1CCC(Cc2ccccc2)CC1. The highest BCUT2D eigenvalue weighted by molar-refractivity contribution is 6.32. The fourth-order valence-corrected chi connectivity index (χ4v) is 3.67. The lowest BCUT2D eigenvalue weighted by Crippen LogP contribution is -2.41. The molecular weight excluding hydrogens is 353 g/mol. The molecule has 3 rings (SSSR count). The van der Waals surface area contributed by atoms with Crippen LogP contribution in [0.25, 0.3) is 0 Å². The van der Waals surface area contributed by atoms with Crippen LogP contribution in [-0.2, 0) is 6.42 Å². The fourth-order valence-electron chi connectivity index (χ4n) is 3.45.